The van der Waals surface area contributed by atoms with Crippen LogP contribution in [0.2, 0.25) is 6.32 Å². The summed E-state index contributed by atoms with van der Waals surface area (Å²) in [6, 6.07) is 17.9. The van der Waals surface area contributed by atoms with Crippen molar-refractivity contribution in [3.63, 3.8) is 0 Å². The summed E-state index contributed by atoms with van der Waals surface area (Å²) in [6.45, 7) is 9.32. The van der Waals surface area contributed by atoms with Crippen LogP contribution in [0.15, 0.2) is 60.1 Å². The van der Waals surface area contributed by atoms with Crippen molar-refractivity contribution in [1.82, 2.24) is 0 Å². The standard InChI is InChI=1S/C21H26BCl/c1-16(2)18-8-5-10-20(14-18)22(12-7-13-23)21-11-6-9-19(15-21)17(3)4/h5-11,13-17H,12H2,1-4H3. The van der Waals surface area contributed by atoms with Gasteiger partial charge >= 0.3 is 0 Å². The topological polar surface area (TPSA) is 0 Å². The van der Waals surface area contributed by atoms with Crippen LogP contribution in [0.5, 0.6) is 0 Å². The highest BCUT2D eigenvalue weighted by Crippen LogP contribution is 2.15. The van der Waals surface area contributed by atoms with Gasteiger partial charge in [-0.15, -0.1) is 0 Å². The van der Waals surface area contributed by atoms with Crippen molar-refractivity contribution in [2.45, 2.75) is 45.9 Å². The Morgan fingerprint density at radius 2 is 1.35 bits per heavy atom. The minimum absolute atomic E-state index is 0.349. The molecule has 2 aromatic carbocycles. The molecular weight excluding hydrogens is 298 g/mol. The number of halogens is 1. The molecule has 0 spiro atoms. The molecule has 2 rings (SSSR count). The highest BCUT2D eigenvalue weighted by atomic mass is 35.5. The van der Waals surface area contributed by atoms with Gasteiger partial charge in [-0.1, -0.05) is 105 Å². The van der Waals surface area contributed by atoms with E-state index in [-0.39, 0.29) is 0 Å². The molecule has 0 N–H and O–H groups in total. The first-order valence-electron chi connectivity index (χ1n) is 8.47. The lowest BCUT2D eigenvalue weighted by Gasteiger charge is -2.17. The molecule has 120 valence electrons. The Morgan fingerprint density at radius 1 is 0.870 bits per heavy atom. The van der Waals surface area contributed by atoms with Crippen LogP contribution in [0, 0.1) is 0 Å². The van der Waals surface area contributed by atoms with E-state index in [1.54, 1.807) is 5.54 Å². The second kappa shape index (κ2) is 8.40. The molecule has 0 bridgehead atoms. The quantitative estimate of drug-likeness (QED) is 0.633. The zero-order valence-electron chi connectivity index (χ0n) is 14.6. The van der Waals surface area contributed by atoms with E-state index in [0.29, 0.717) is 18.5 Å². The van der Waals surface area contributed by atoms with Crippen molar-refractivity contribution in [3.8, 4) is 0 Å². The number of hydrogen-bond donors (Lipinski definition) is 0. The molecule has 0 aliphatic rings. The first kappa shape index (κ1) is 17.9. The van der Waals surface area contributed by atoms with Crippen LogP contribution in [0.25, 0.3) is 0 Å². The highest BCUT2D eigenvalue weighted by Gasteiger charge is 2.19. The third-order valence-corrected chi connectivity index (χ3v) is 4.60. The van der Waals surface area contributed by atoms with Gasteiger partial charge in [0.15, 0.2) is 0 Å². The molecule has 0 radical (unpaired) electrons. The van der Waals surface area contributed by atoms with Gasteiger partial charge in [0, 0.05) is 0 Å². The van der Waals surface area contributed by atoms with E-state index in [1.807, 2.05) is 0 Å². The minimum atomic E-state index is 0.349. The molecule has 2 heteroatoms. The van der Waals surface area contributed by atoms with Gasteiger partial charge < -0.3 is 0 Å². The fourth-order valence-electron chi connectivity index (χ4n) is 2.92. The van der Waals surface area contributed by atoms with E-state index in [9.17, 15) is 0 Å². The lowest BCUT2D eigenvalue weighted by Crippen LogP contribution is -2.42. The summed E-state index contributed by atoms with van der Waals surface area (Å²) in [4.78, 5) is 0. The molecule has 0 unspecified atom stereocenters. The van der Waals surface area contributed by atoms with Gasteiger partial charge in [0.05, 0.1) is 0 Å². The van der Waals surface area contributed by atoms with Crippen molar-refractivity contribution in [2.24, 2.45) is 0 Å². The Labute approximate surface area is 146 Å². The Morgan fingerprint density at radius 3 is 1.74 bits per heavy atom. The Kier molecular flexibility index (Phi) is 6.53. The second-order valence-electron chi connectivity index (χ2n) is 6.80. The molecular formula is C21H26BCl. The van der Waals surface area contributed by atoms with Crippen molar-refractivity contribution in [3.05, 3.63) is 71.3 Å². The van der Waals surface area contributed by atoms with Crippen LogP contribution >= 0.6 is 11.6 Å². The number of rotatable bonds is 6. The van der Waals surface area contributed by atoms with Crippen LogP contribution in [-0.4, -0.2) is 6.71 Å². The zero-order chi connectivity index (χ0) is 16.8. The normalized spacial score (nSPS) is 11.6. The summed E-state index contributed by atoms with van der Waals surface area (Å²) in [7, 11) is 0. The summed E-state index contributed by atoms with van der Waals surface area (Å²) in [5, 5.41) is 0. The van der Waals surface area contributed by atoms with Crippen molar-refractivity contribution < 1.29 is 0 Å². The first-order valence-corrected chi connectivity index (χ1v) is 8.91. The molecule has 0 aromatic heterocycles. The maximum atomic E-state index is 5.80. The van der Waals surface area contributed by atoms with Crippen LogP contribution in [-0.2, 0) is 0 Å². The van der Waals surface area contributed by atoms with E-state index in [4.69, 9.17) is 11.6 Å². The number of allylic oxidation sites excluding steroid dienone is 1. The number of benzene rings is 2. The van der Waals surface area contributed by atoms with Gasteiger partial charge in [-0.05, 0) is 34.8 Å². The zero-order valence-corrected chi connectivity index (χ0v) is 15.3. The van der Waals surface area contributed by atoms with Gasteiger partial charge in [-0.2, -0.15) is 0 Å². The lowest BCUT2D eigenvalue weighted by molar-refractivity contribution is 0.867. The average Bonchev–Trinajstić information content (AvgIpc) is 2.55. The SMILES string of the molecule is CC(C)c1cccc(B(CC=CCl)c2cccc(C(C)C)c2)c1. The number of hydrogen-bond acceptors (Lipinski definition) is 0. The van der Waals surface area contributed by atoms with Crippen LogP contribution < -0.4 is 10.9 Å². The molecule has 0 saturated heterocycles. The van der Waals surface area contributed by atoms with E-state index in [1.165, 1.54) is 22.1 Å². The lowest BCUT2D eigenvalue weighted by atomic mass is 9.38. The predicted octanol–water partition coefficient (Wildman–Crippen LogP) is 5.29. The molecule has 0 nitrogen and oxygen atoms in total. The van der Waals surface area contributed by atoms with Crippen molar-refractivity contribution >= 4 is 29.2 Å². The molecule has 0 aliphatic heterocycles. The molecule has 2 aromatic rings. The summed E-state index contributed by atoms with van der Waals surface area (Å²) >= 11 is 5.80. The first-order chi connectivity index (χ1) is 11.0. The Bertz CT molecular complexity index is 607. The summed E-state index contributed by atoms with van der Waals surface area (Å²) in [5.41, 5.74) is 7.15. The maximum Gasteiger partial charge on any atom is 0.213 e. The molecule has 0 amide bonds. The van der Waals surface area contributed by atoms with Crippen LogP contribution in [0.4, 0.5) is 0 Å². The Balaban J connectivity index is 2.44. The molecule has 23 heavy (non-hydrogen) atoms. The predicted molar refractivity (Wildman–Crippen MR) is 106 cm³/mol. The Hall–Kier alpha value is -1.47. The third kappa shape index (κ3) is 4.75. The summed E-state index contributed by atoms with van der Waals surface area (Å²) < 4.78 is 0. The third-order valence-electron chi connectivity index (χ3n) is 4.42. The van der Waals surface area contributed by atoms with Crippen LogP contribution in [0.1, 0.15) is 50.7 Å². The van der Waals surface area contributed by atoms with E-state index in [0.717, 1.165) is 6.32 Å². The fraction of sp³-hybridized carbons (Fsp3) is 0.333. The van der Waals surface area contributed by atoms with Gasteiger partial charge in [0.2, 0.25) is 6.71 Å². The van der Waals surface area contributed by atoms with Crippen molar-refractivity contribution in [2.75, 3.05) is 0 Å². The fourth-order valence-corrected chi connectivity index (χ4v) is 3.02. The van der Waals surface area contributed by atoms with E-state index < -0.39 is 0 Å². The monoisotopic (exact) mass is 324 g/mol. The smallest absolute Gasteiger partial charge is 0.0933 e. The minimum Gasteiger partial charge on any atom is -0.0933 e. The largest absolute Gasteiger partial charge is 0.213 e. The van der Waals surface area contributed by atoms with Gasteiger partial charge in [-0.25, -0.2) is 0 Å². The maximum absolute atomic E-state index is 5.80. The van der Waals surface area contributed by atoms with E-state index >= 15 is 0 Å². The summed E-state index contributed by atoms with van der Waals surface area (Å²) in [5.74, 6) is 1.09. The average molecular weight is 325 g/mol. The van der Waals surface area contributed by atoms with Gasteiger partial charge in [0.25, 0.3) is 0 Å². The van der Waals surface area contributed by atoms with Crippen molar-refractivity contribution in [1.29, 1.82) is 0 Å². The van der Waals surface area contributed by atoms with Gasteiger partial charge in [-0.3, -0.25) is 0 Å². The molecule has 0 heterocycles. The summed E-state index contributed by atoms with van der Waals surface area (Å²) in [6.07, 6.45) is 2.98. The molecule has 0 aliphatic carbocycles. The molecule has 0 atom stereocenters. The van der Waals surface area contributed by atoms with Gasteiger partial charge in [0.1, 0.15) is 0 Å². The van der Waals surface area contributed by atoms with Crippen LogP contribution in [0.3, 0.4) is 0 Å². The molecule has 0 saturated carbocycles. The highest BCUT2D eigenvalue weighted by molar-refractivity contribution is 6.85. The molecule has 0 fully saturated rings. The second-order valence-corrected chi connectivity index (χ2v) is 7.05. The van der Waals surface area contributed by atoms with E-state index in [2.05, 4.69) is 82.3 Å².